The second-order valence-corrected chi connectivity index (χ2v) is 8.50. The first-order chi connectivity index (χ1) is 14.1. The molecule has 1 aromatic heterocycles. The first-order valence-corrected chi connectivity index (χ1v) is 10.5. The van der Waals surface area contributed by atoms with Gasteiger partial charge >= 0.3 is 6.09 Å². The van der Waals surface area contributed by atoms with Gasteiger partial charge in [0.25, 0.3) is 0 Å². The molecular formula is C22H27N5O2. The number of fused-ring (bicyclic) bond motifs is 3. The SMILES string of the molecule is CC(C)OC(=O)N1CCC2(CC1)CN(c1ncnc3c1CCN3)c1ccccc12. The van der Waals surface area contributed by atoms with Gasteiger partial charge in [-0.1, -0.05) is 18.2 Å². The Hall–Kier alpha value is -2.83. The number of rotatable bonds is 2. The molecule has 7 heteroatoms. The van der Waals surface area contributed by atoms with E-state index < -0.39 is 0 Å². The van der Waals surface area contributed by atoms with Crippen LogP contribution in [0.4, 0.5) is 22.1 Å². The highest BCUT2D eigenvalue weighted by Crippen LogP contribution is 2.50. The fourth-order valence-electron chi connectivity index (χ4n) is 4.96. The first-order valence-electron chi connectivity index (χ1n) is 10.5. The van der Waals surface area contributed by atoms with Crippen molar-refractivity contribution in [3.63, 3.8) is 0 Å². The summed E-state index contributed by atoms with van der Waals surface area (Å²) in [5.41, 5.74) is 3.85. The first kappa shape index (κ1) is 18.2. The summed E-state index contributed by atoms with van der Waals surface area (Å²) in [7, 11) is 0. The number of nitrogens with one attached hydrogen (secondary N) is 1. The van der Waals surface area contributed by atoms with Crippen LogP contribution in [0.5, 0.6) is 0 Å². The zero-order valence-electron chi connectivity index (χ0n) is 17.0. The van der Waals surface area contributed by atoms with Gasteiger partial charge in [-0.3, -0.25) is 0 Å². The lowest BCUT2D eigenvalue weighted by Gasteiger charge is -2.39. The number of amides is 1. The van der Waals surface area contributed by atoms with Gasteiger partial charge in [0.1, 0.15) is 18.0 Å². The van der Waals surface area contributed by atoms with Gasteiger partial charge in [-0.15, -0.1) is 0 Å². The van der Waals surface area contributed by atoms with Gasteiger partial charge in [0.2, 0.25) is 0 Å². The molecule has 1 N–H and O–H groups in total. The zero-order chi connectivity index (χ0) is 20.0. The topological polar surface area (TPSA) is 70.6 Å². The third-order valence-electron chi connectivity index (χ3n) is 6.39. The van der Waals surface area contributed by atoms with Gasteiger partial charge in [-0.25, -0.2) is 14.8 Å². The molecule has 0 atom stereocenters. The number of aromatic nitrogens is 2. The molecule has 4 heterocycles. The highest BCUT2D eigenvalue weighted by Gasteiger charge is 2.46. The van der Waals surface area contributed by atoms with E-state index >= 15 is 0 Å². The monoisotopic (exact) mass is 393 g/mol. The van der Waals surface area contributed by atoms with E-state index in [9.17, 15) is 4.79 Å². The van der Waals surface area contributed by atoms with Gasteiger partial charge in [0.05, 0.1) is 6.10 Å². The van der Waals surface area contributed by atoms with Crippen molar-refractivity contribution < 1.29 is 9.53 Å². The maximum atomic E-state index is 12.3. The average Bonchev–Trinajstić information content (AvgIpc) is 3.32. The average molecular weight is 393 g/mol. The van der Waals surface area contributed by atoms with Crippen molar-refractivity contribution in [2.45, 2.75) is 44.6 Å². The maximum Gasteiger partial charge on any atom is 0.410 e. The number of carbonyl (C=O) groups excluding carboxylic acids is 1. The quantitative estimate of drug-likeness (QED) is 0.842. The Morgan fingerprint density at radius 3 is 2.79 bits per heavy atom. The number of ether oxygens (including phenoxy) is 1. The molecular weight excluding hydrogens is 366 g/mol. The van der Waals surface area contributed by atoms with Crippen molar-refractivity contribution in [3.8, 4) is 0 Å². The van der Waals surface area contributed by atoms with Gasteiger partial charge in [-0.2, -0.15) is 0 Å². The fourth-order valence-corrected chi connectivity index (χ4v) is 4.96. The summed E-state index contributed by atoms with van der Waals surface area (Å²) < 4.78 is 5.40. The zero-order valence-corrected chi connectivity index (χ0v) is 17.0. The Labute approximate surface area is 171 Å². The van der Waals surface area contributed by atoms with E-state index in [1.54, 1.807) is 6.33 Å². The van der Waals surface area contributed by atoms with Crippen molar-refractivity contribution in [1.82, 2.24) is 14.9 Å². The van der Waals surface area contributed by atoms with Crippen LogP contribution in [0.15, 0.2) is 30.6 Å². The standard InChI is InChI=1S/C22H27N5O2/c1-15(2)29-21(28)26-11-8-22(9-12-26)13-27(18-6-4-3-5-17(18)22)20-16-7-10-23-19(16)24-14-25-20/h3-6,14-15H,7-13H2,1-2H3,(H,23,24,25). The lowest BCUT2D eigenvalue weighted by Crippen LogP contribution is -2.47. The Morgan fingerprint density at radius 1 is 1.21 bits per heavy atom. The van der Waals surface area contributed by atoms with Crippen LogP contribution in [0.25, 0.3) is 0 Å². The summed E-state index contributed by atoms with van der Waals surface area (Å²) in [5.74, 6) is 1.98. The van der Waals surface area contributed by atoms with Crippen LogP contribution < -0.4 is 10.2 Å². The molecule has 7 nitrogen and oxygen atoms in total. The summed E-state index contributed by atoms with van der Waals surface area (Å²) >= 11 is 0. The summed E-state index contributed by atoms with van der Waals surface area (Å²) in [6.07, 6.45) is 4.18. The fraction of sp³-hybridized carbons (Fsp3) is 0.500. The number of carbonyl (C=O) groups is 1. The van der Waals surface area contributed by atoms with E-state index in [0.717, 1.165) is 57.1 Å². The molecule has 1 aromatic carbocycles. The predicted octanol–water partition coefficient (Wildman–Crippen LogP) is 3.47. The Kier molecular flexibility index (Phi) is 4.33. The van der Waals surface area contributed by atoms with Crippen LogP contribution in [0, 0.1) is 0 Å². The normalized spacial score (nSPS) is 19.3. The molecule has 0 unspecified atom stereocenters. The van der Waals surface area contributed by atoms with Crippen molar-refractivity contribution in [1.29, 1.82) is 0 Å². The van der Waals surface area contributed by atoms with E-state index in [4.69, 9.17) is 4.74 Å². The molecule has 1 amide bonds. The molecule has 3 aliphatic rings. The third-order valence-corrected chi connectivity index (χ3v) is 6.39. The Balaban J connectivity index is 1.44. The predicted molar refractivity (Wildman–Crippen MR) is 112 cm³/mol. The van der Waals surface area contributed by atoms with Crippen molar-refractivity contribution in [2.24, 2.45) is 0 Å². The second-order valence-electron chi connectivity index (χ2n) is 8.50. The van der Waals surface area contributed by atoms with Crippen LogP contribution in [0.3, 0.4) is 0 Å². The van der Waals surface area contributed by atoms with Crippen LogP contribution in [0.2, 0.25) is 0 Å². The number of para-hydroxylation sites is 1. The molecule has 1 saturated heterocycles. The minimum atomic E-state index is -0.197. The van der Waals surface area contributed by atoms with E-state index in [2.05, 4.69) is 44.5 Å². The highest BCUT2D eigenvalue weighted by atomic mass is 16.6. The van der Waals surface area contributed by atoms with E-state index in [1.807, 2.05) is 18.7 Å². The summed E-state index contributed by atoms with van der Waals surface area (Å²) in [6, 6.07) is 8.66. The summed E-state index contributed by atoms with van der Waals surface area (Å²) in [5, 5.41) is 3.36. The van der Waals surface area contributed by atoms with Crippen LogP contribution in [-0.4, -0.2) is 53.2 Å². The molecule has 0 aliphatic carbocycles. The molecule has 29 heavy (non-hydrogen) atoms. The van der Waals surface area contributed by atoms with Gasteiger partial charge in [0.15, 0.2) is 0 Å². The number of piperidine rings is 1. The molecule has 1 fully saturated rings. The number of hydrogen-bond donors (Lipinski definition) is 1. The Bertz CT molecular complexity index is 937. The molecule has 2 aromatic rings. The number of nitrogens with zero attached hydrogens (tertiary/aromatic N) is 4. The highest BCUT2D eigenvalue weighted by molar-refractivity contribution is 5.76. The number of likely N-dealkylation sites (tertiary alicyclic amines) is 1. The summed E-state index contributed by atoms with van der Waals surface area (Å²) in [6.45, 7) is 7.03. The van der Waals surface area contributed by atoms with Gasteiger partial charge in [0, 0.05) is 42.8 Å². The van der Waals surface area contributed by atoms with Crippen LogP contribution in [0.1, 0.15) is 37.8 Å². The van der Waals surface area contributed by atoms with Crippen molar-refractivity contribution in [3.05, 3.63) is 41.7 Å². The maximum absolute atomic E-state index is 12.3. The van der Waals surface area contributed by atoms with Gasteiger partial charge < -0.3 is 19.9 Å². The number of anilines is 3. The van der Waals surface area contributed by atoms with E-state index in [1.165, 1.54) is 16.8 Å². The smallest absolute Gasteiger partial charge is 0.410 e. The minimum absolute atomic E-state index is 0.0368. The summed E-state index contributed by atoms with van der Waals surface area (Å²) in [4.78, 5) is 25.6. The van der Waals surface area contributed by atoms with E-state index in [0.29, 0.717) is 0 Å². The van der Waals surface area contributed by atoms with Crippen LogP contribution >= 0.6 is 0 Å². The molecule has 0 bridgehead atoms. The van der Waals surface area contributed by atoms with E-state index in [-0.39, 0.29) is 17.6 Å². The largest absolute Gasteiger partial charge is 0.447 e. The van der Waals surface area contributed by atoms with Crippen LogP contribution in [-0.2, 0) is 16.6 Å². The molecule has 0 radical (unpaired) electrons. The molecule has 1 spiro atoms. The molecule has 152 valence electrons. The van der Waals surface area contributed by atoms with Crippen molar-refractivity contribution in [2.75, 3.05) is 36.4 Å². The lowest BCUT2D eigenvalue weighted by atomic mass is 9.74. The third kappa shape index (κ3) is 2.99. The number of benzene rings is 1. The molecule has 3 aliphatic heterocycles. The van der Waals surface area contributed by atoms with Gasteiger partial charge in [-0.05, 0) is 44.7 Å². The minimum Gasteiger partial charge on any atom is -0.447 e. The Morgan fingerprint density at radius 2 is 2.00 bits per heavy atom. The molecule has 0 saturated carbocycles. The lowest BCUT2D eigenvalue weighted by molar-refractivity contribution is 0.0628. The van der Waals surface area contributed by atoms with Crippen molar-refractivity contribution >= 4 is 23.4 Å². The molecule has 5 rings (SSSR count). The number of hydrogen-bond acceptors (Lipinski definition) is 6. The second kappa shape index (κ2) is 6.90.